The largest absolute Gasteiger partial charge is 0.388 e. The van der Waals surface area contributed by atoms with Gasteiger partial charge in [0.25, 0.3) is 0 Å². The van der Waals surface area contributed by atoms with Crippen LogP contribution in [0.15, 0.2) is 23.8 Å². The van der Waals surface area contributed by atoms with Crippen molar-refractivity contribution in [3.63, 3.8) is 0 Å². The summed E-state index contributed by atoms with van der Waals surface area (Å²) in [6.45, 7) is 9.15. The first-order valence-corrected chi connectivity index (χ1v) is 8.38. The van der Waals surface area contributed by atoms with Crippen molar-refractivity contribution in [3.8, 4) is 0 Å². The first-order chi connectivity index (χ1) is 9.78. The molecule has 0 unspecified atom stereocenters. The highest BCUT2D eigenvalue weighted by Gasteiger charge is 2.53. The van der Waals surface area contributed by atoms with E-state index in [1.807, 2.05) is 0 Å². The van der Waals surface area contributed by atoms with Crippen molar-refractivity contribution in [2.24, 2.45) is 28.6 Å². The van der Waals surface area contributed by atoms with E-state index >= 15 is 0 Å². The van der Waals surface area contributed by atoms with Crippen molar-refractivity contribution >= 4 is 5.78 Å². The summed E-state index contributed by atoms with van der Waals surface area (Å²) in [7, 11) is 0. The third-order valence-corrected chi connectivity index (χ3v) is 6.68. The normalized spacial score (nSPS) is 46.1. The summed E-state index contributed by atoms with van der Waals surface area (Å²) in [4.78, 5) is 11.8. The van der Waals surface area contributed by atoms with E-state index in [-0.39, 0.29) is 22.5 Å². The predicted octanol–water partition coefficient (Wildman–Crippen LogP) is 3.90. The van der Waals surface area contributed by atoms with Gasteiger partial charge in [0.15, 0.2) is 5.78 Å². The second kappa shape index (κ2) is 4.81. The van der Waals surface area contributed by atoms with E-state index in [1.165, 1.54) is 5.57 Å². The fourth-order valence-corrected chi connectivity index (χ4v) is 5.17. The lowest BCUT2D eigenvalue weighted by molar-refractivity contribution is -0.118. The second-order valence-corrected chi connectivity index (χ2v) is 8.22. The summed E-state index contributed by atoms with van der Waals surface area (Å²) in [5.41, 5.74) is 1.28. The van der Waals surface area contributed by atoms with Gasteiger partial charge in [-0.3, -0.25) is 4.79 Å². The molecule has 0 aromatic carbocycles. The Hall–Kier alpha value is -0.890. The van der Waals surface area contributed by atoms with Gasteiger partial charge in [0, 0.05) is 12.3 Å². The molecule has 0 spiro atoms. The fraction of sp³-hybridized carbons (Fsp3) is 0.737. The molecule has 0 amide bonds. The Bertz CT molecular complexity index is 516. The van der Waals surface area contributed by atoms with Crippen LogP contribution in [0.25, 0.3) is 0 Å². The van der Waals surface area contributed by atoms with Crippen LogP contribution in [0.1, 0.15) is 53.4 Å². The standard InChI is InChI=1S/C19H28O2/c1-12(2)14-5-6-15-17(21)16-11-13(20)7-8-18(16,3)9-10-19(14,15)4/h6-8,12,14,16-17,21H,5,9-11H2,1-4H3/t14-,16-,17+,18+,19-/m1/s1. The van der Waals surface area contributed by atoms with Gasteiger partial charge < -0.3 is 5.11 Å². The summed E-state index contributed by atoms with van der Waals surface area (Å²) >= 11 is 0. The van der Waals surface area contributed by atoms with Gasteiger partial charge in [0.2, 0.25) is 0 Å². The van der Waals surface area contributed by atoms with Crippen molar-refractivity contribution in [1.82, 2.24) is 0 Å². The van der Waals surface area contributed by atoms with Gasteiger partial charge in [-0.15, -0.1) is 0 Å². The molecule has 3 rings (SSSR count). The number of allylic oxidation sites excluding steroid dienone is 3. The molecule has 0 aromatic heterocycles. The van der Waals surface area contributed by atoms with E-state index in [2.05, 4.69) is 39.8 Å². The average molecular weight is 288 g/mol. The number of carbonyl (C=O) groups is 1. The number of hydrogen-bond donors (Lipinski definition) is 1. The first kappa shape index (κ1) is 15.0. The van der Waals surface area contributed by atoms with Crippen LogP contribution < -0.4 is 0 Å². The molecule has 1 fully saturated rings. The Morgan fingerprint density at radius 1 is 1.29 bits per heavy atom. The topological polar surface area (TPSA) is 37.3 Å². The number of ketones is 1. The minimum absolute atomic E-state index is 0.0386. The maximum Gasteiger partial charge on any atom is 0.155 e. The number of fused-ring (bicyclic) bond motifs is 2. The monoisotopic (exact) mass is 288 g/mol. The van der Waals surface area contributed by atoms with Gasteiger partial charge in [-0.2, -0.15) is 0 Å². The molecule has 0 radical (unpaired) electrons. The van der Waals surface area contributed by atoms with Crippen molar-refractivity contribution in [2.45, 2.75) is 59.5 Å². The Morgan fingerprint density at radius 3 is 2.67 bits per heavy atom. The lowest BCUT2D eigenvalue weighted by Gasteiger charge is -2.39. The van der Waals surface area contributed by atoms with Gasteiger partial charge in [0.1, 0.15) is 0 Å². The molecule has 1 N–H and O–H groups in total. The SMILES string of the molecule is CC(C)[C@H]1CC=C2[C@H](O)[C@H]3CC(=O)C=C[C@@]3(C)CC[C@@]21C. The molecule has 21 heavy (non-hydrogen) atoms. The van der Waals surface area contributed by atoms with Gasteiger partial charge in [-0.25, -0.2) is 0 Å². The van der Waals surface area contributed by atoms with Crippen LogP contribution in [0.3, 0.4) is 0 Å². The summed E-state index contributed by atoms with van der Waals surface area (Å²) < 4.78 is 0. The van der Waals surface area contributed by atoms with Gasteiger partial charge in [-0.1, -0.05) is 39.8 Å². The molecule has 116 valence electrons. The molecule has 0 aliphatic heterocycles. The minimum atomic E-state index is -0.458. The zero-order chi connectivity index (χ0) is 15.4. The number of rotatable bonds is 1. The highest BCUT2D eigenvalue weighted by molar-refractivity contribution is 5.91. The molecule has 0 heterocycles. The highest BCUT2D eigenvalue weighted by Crippen LogP contribution is 2.59. The molecule has 5 atom stereocenters. The van der Waals surface area contributed by atoms with Crippen LogP contribution in [0.4, 0.5) is 0 Å². The predicted molar refractivity (Wildman–Crippen MR) is 84.7 cm³/mol. The van der Waals surface area contributed by atoms with Crippen LogP contribution >= 0.6 is 0 Å². The van der Waals surface area contributed by atoms with Gasteiger partial charge in [0.05, 0.1) is 6.10 Å². The number of aliphatic hydroxyl groups excluding tert-OH is 1. The lowest BCUT2D eigenvalue weighted by Crippen LogP contribution is -2.39. The maximum absolute atomic E-state index is 11.8. The quantitative estimate of drug-likeness (QED) is 0.743. The molecule has 3 aliphatic rings. The van der Waals surface area contributed by atoms with E-state index in [0.29, 0.717) is 18.3 Å². The summed E-state index contributed by atoms with van der Waals surface area (Å²) in [5, 5.41) is 11.0. The Morgan fingerprint density at radius 2 is 2.00 bits per heavy atom. The fourth-order valence-electron chi connectivity index (χ4n) is 5.17. The molecule has 0 bridgehead atoms. The van der Waals surface area contributed by atoms with Crippen LogP contribution in [0, 0.1) is 28.6 Å². The van der Waals surface area contributed by atoms with Gasteiger partial charge >= 0.3 is 0 Å². The second-order valence-electron chi connectivity index (χ2n) is 8.22. The summed E-state index contributed by atoms with van der Waals surface area (Å²) in [5.74, 6) is 1.46. The summed E-state index contributed by atoms with van der Waals surface area (Å²) in [6.07, 6.45) is 9.38. The zero-order valence-corrected chi connectivity index (χ0v) is 13.7. The minimum Gasteiger partial charge on any atom is -0.388 e. The van der Waals surface area contributed by atoms with Gasteiger partial charge in [-0.05, 0) is 53.6 Å². The molecule has 2 heteroatoms. The molecule has 0 saturated heterocycles. The lowest BCUT2D eigenvalue weighted by atomic mass is 9.67. The zero-order valence-electron chi connectivity index (χ0n) is 13.7. The summed E-state index contributed by atoms with van der Waals surface area (Å²) in [6, 6.07) is 0. The van der Waals surface area contributed by atoms with Crippen LogP contribution in [0.5, 0.6) is 0 Å². The molecule has 3 aliphatic carbocycles. The van der Waals surface area contributed by atoms with E-state index in [4.69, 9.17) is 0 Å². The number of carbonyl (C=O) groups excluding carboxylic acids is 1. The number of aliphatic hydroxyl groups is 1. The molecular formula is C19H28O2. The Kier molecular flexibility index (Phi) is 3.44. The molecule has 0 aromatic rings. The van der Waals surface area contributed by atoms with Crippen molar-refractivity contribution in [1.29, 1.82) is 0 Å². The van der Waals surface area contributed by atoms with E-state index in [1.54, 1.807) is 6.08 Å². The molecule has 2 nitrogen and oxygen atoms in total. The Labute approximate surface area is 128 Å². The van der Waals surface area contributed by atoms with Crippen molar-refractivity contribution in [3.05, 3.63) is 23.8 Å². The Balaban J connectivity index is 2.01. The van der Waals surface area contributed by atoms with Crippen molar-refractivity contribution < 1.29 is 9.90 Å². The first-order valence-electron chi connectivity index (χ1n) is 8.38. The maximum atomic E-state index is 11.8. The van der Waals surface area contributed by atoms with E-state index in [0.717, 1.165) is 19.3 Å². The van der Waals surface area contributed by atoms with Crippen LogP contribution in [-0.4, -0.2) is 17.0 Å². The number of hydrogen-bond acceptors (Lipinski definition) is 2. The van der Waals surface area contributed by atoms with Crippen molar-refractivity contribution in [2.75, 3.05) is 0 Å². The van der Waals surface area contributed by atoms with Crippen LogP contribution in [-0.2, 0) is 4.79 Å². The van der Waals surface area contributed by atoms with Crippen LogP contribution in [0.2, 0.25) is 0 Å². The third kappa shape index (κ3) is 2.14. The molecular weight excluding hydrogens is 260 g/mol. The van der Waals surface area contributed by atoms with E-state index < -0.39 is 6.10 Å². The molecule has 1 saturated carbocycles. The third-order valence-electron chi connectivity index (χ3n) is 6.68. The highest BCUT2D eigenvalue weighted by atomic mass is 16.3. The average Bonchev–Trinajstić information content (AvgIpc) is 2.73. The smallest absolute Gasteiger partial charge is 0.155 e. The van der Waals surface area contributed by atoms with E-state index in [9.17, 15) is 9.90 Å².